The molecule has 0 spiro atoms. The van der Waals surface area contributed by atoms with E-state index in [1.54, 1.807) is 19.2 Å². The molecule has 0 saturated carbocycles. The lowest BCUT2D eigenvalue weighted by Crippen LogP contribution is -2.27. The molecule has 2 aromatic carbocycles. The molecule has 4 N–H and O–H groups in total. The van der Waals surface area contributed by atoms with E-state index >= 15 is 0 Å². The third-order valence-electron chi connectivity index (χ3n) is 8.37. The van der Waals surface area contributed by atoms with Gasteiger partial charge in [0.25, 0.3) is 20.2 Å². The summed E-state index contributed by atoms with van der Waals surface area (Å²) in [7, 11) is -7.30. The van der Waals surface area contributed by atoms with Crippen LogP contribution in [0.4, 0.5) is 11.4 Å². The first-order chi connectivity index (χ1) is 21.3. The number of hydrogen-bond donors (Lipinski definition) is 4. The second kappa shape index (κ2) is 14.5. The summed E-state index contributed by atoms with van der Waals surface area (Å²) < 4.78 is 72.4. The largest absolute Gasteiger partial charge is 0.481 e. The van der Waals surface area contributed by atoms with Gasteiger partial charge in [-0.15, -0.1) is 0 Å². The first-order valence-electron chi connectivity index (χ1n) is 14.9. The molecule has 252 valence electrons. The molecule has 3 rings (SSSR count). The van der Waals surface area contributed by atoms with Gasteiger partial charge in [0, 0.05) is 54.5 Å². The monoisotopic (exact) mass is 676 g/mol. The molecule has 0 atom stereocenters. The van der Waals surface area contributed by atoms with Gasteiger partial charge in [0.05, 0.1) is 16.4 Å². The molecule has 0 aliphatic carbocycles. The Hall–Kier alpha value is -3.49. The molecule has 0 amide bonds. The van der Waals surface area contributed by atoms with Gasteiger partial charge in [0.15, 0.2) is 0 Å². The van der Waals surface area contributed by atoms with E-state index in [1.807, 2.05) is 45.9 Å². The third-order valence-corrected chi connectivity index (χ3v) is 10.1. The highest BCUT2D eigenvalue weighted by Crippen LogP contribution is 2.48. The number of carboxylic acids is 1. The summed E-state index contributed by atoms with van der Waals surface area (Å²) in [5, 5.41) is 12.2. The highest BCUT2D eigenvalue weighted by molar-refractivity contribution is 7.86. The van der Waals surface area contributed by atoms with Crippen molar-refractivity contribution in [2.45, 2.75) is 74.0 Å². The lowest BCUT2D eigenvalue weighted by Gasteiger charge is -2.30. The van der Waals surface area contributed by atoms with E-state index in [9.17, 15) is 30.7 Å². The SMILES string of the molecule is C=C(/C=C/C=C1/N(CCCCCC(=O)O)c2ccc(S(=O)(=O)O)cc2C1(C)C)C(C)(C)c1cc(S(=O)(=O)O)ccc1NCCOC. The zero-order chi connectivity index (χ0) is 34.5. The molecule has 1 aliphatic heterocycles. The van der Waals surface area contributed by atoms with Crippen LogP contribution in [-0.2, 0) is 40.6 Å². The maximum absolute atomic E-state index is 12.0. The molecule has 46 heavy (non-hydrogen) atoms. The predicted octanol–water partition coefficient (Wildman–Crippen LogP) is 5.96. The molecule has 0 fully saturated rings. The Kier molecular flexibility index (Phi) is 11.7. The van der Waals surface area contributed by atoms with Gasteiger partial charge in [-0.2, -0.15) is 16.8 Å². The molecular formula is C33H44N2O9S2. The van der Waals surface area contributed by atoms with Crippen molar-refractivity contribution >= 4 is 37.6 Å². The summed E-state index contributed by atoms with van der Waals surface area (Å²) in [5.41, 5.74) is 2.87. The molecular weight excluding hydrogens is 633 g/mol. The number of anilines is 2. The number of carboxylic acid groups (broad SMARTS) is 1. The Labute approximate surface area is 272 Å². The van der Waals surface area contributed by atoms with Crippen molar-refractivity contribution in [1.29, 1.82) is 0 Å². The van der Waals surface area contributed by atoms with E-state index in [4.69, 9.17) is 9.84 Å². The summed E-state index contributed by atoms with van der Waals surface area (Å²) in [4.78, 5) is 12.6. The number of aliphatic carboxylic acids is 1. The molecule has 1 heterocycles. The maximum Gasteiger partial charge on any atom is 0.303 e. The number of rotatable bonds is 16. The number of allylic oxidation sites excluding steroid dienone is 5. The van der Waals surface area contributed by atoms with Gasteiger partial charge in [-0.1, -0.05) is 52.8 Å². The number of hydrogen-bond acceptors (Lipinski definition) is 8. The fourth-order valence-electron chi connectivity index (χ4n) is 5.56. The first kappa shape index (κ1) is 37.0. The van der Waals surface area contributed by atoms with Crippen LogP contribution in [-0.4, -0.2) is 63.8 Å². The van der Waals surface area contributed by atoms with E-state index in [1.165, 1.54) is 24.3 Å². The van der Waals surface area contributed by atoms with Gasteiger partial charge in [0.2, 0.25) is 0 Å². The minimum Gasteiger partial charge on any atom is -0.481 e. The Morgan fingerprint density at radius 2 is 1.65 bits per heavy atom. The highest BCUT2D eigenvalue weighted by Gasteiger charge is 2.40. The molecule has 0 bridgehead atoms. The normalized spacial score (nSPS) is 15.8. The number of nitrogens with one attached hydrogen (secondary N) is 1. The van der Waals surface area contributed by atoms with Gasteiger partial charge in [-0.05, 0) is 72.0 Å². The lowest BCUT2D eigenvalue weighted by atomic mass is 9.77. The van der Waals surface area contributed by atoms with E-state index in [0.29, 0.717) is 55.8 Å². The smallest absolute Gasteiger partial charge is 0.303 e. The van der Waals surface area contributed by atoms with Gasteiger partial charge >= 0.3 is 5.97 Å². The number of ether oxygens (including phenoxy) is 1. The average molecular weight is 677 g/mol. The minimum atomic E-state index is -4.45. The van der Waals surface area contributed by atoms with E-state index in [0.717, 1.165) is 16.9 Å². The number of nitrogens with zero attached hydrogens (tertiary/aromatic N) is 1. The Balaban J connectivity index is 1.99. The number of fused-ring (bicyclic) bond motifs is 1. The summed E-state index contributed by atoms with van der Waals surface area (Å²) in [6, 6.07) is 8.87. The molecule has 11 nitrogen and oxygen atoms in total. The maximum atomic E-state index is 12.0. The average Bonchev–Trinajstić information content (AvgIpc) is 3.16. The van der Waals surface area contributed by atoms with Gasteiger partial charge in [0.1, 0.15) is 0 Å². The number of benzene rings is 2. The van der Waals surface area contributed by atoms with Crippen LogP contribution < -0.4 is 10.2 Å². The minimum absolute atomic E-state index is 0.0832. The first-order valence-corrected chi connectivity index (χ1v) is 17.7. The van der Waals surface area contributed by atoms with Crippen molar-refractivity contribution in [1.82, 2.24) is 0 Å². The van der Waals surface area contributed by atoms with E-state index in [-0.39, 0.29) is 16.2 Å². The molecule has 1 aliphatic rings. The quantitative estimate of drug-likeness (QED) is 0.0940. The van der Waals surface area contributed by atoms with Gasteiger partial charge in [-0.3, -0.25) is 13.9 Å². The van der Waals surface area contributed by atoms with Crippen molar-refractivity contribution in [3.63, 3.8) is 0 Å². The van der Waals surface area contributed by atoms with Crippen molar-refractivity contribution in [3.05, 3.63) is 83.6 Å². The van der Waals surface area contributed by atoms with Crippen molar-refractivity contribution in [2.24, 2.45) is 0 Å². The number of methoxy groups -OCH3 is 1. The van der Waals surface area contributed by atoms with Gasteiger partial charge in [-0.25, -0.2) is 0 Å². The van der Waals surface area contributed by atoms with E-state index in [2.05, 4.69) is 16.8 Å². The fraction of sp³-hybridized carbons (Fsp3) is 0.424. The van der Waals surface area contributed by atoms with Crippen LogP contribution in [0, 0.1) is 0 Å². The van der Waals surface area contributed by atoms with Crippen LogP contribution in [0.2, 0.25) is 0 Å². The molecule has 0 unspecified atom stereocenters. The fourth-order valence-corrected chi connectivity index (χ4v) is 6.57. The molecule has 0 saturated heterocycles. The summed E-state index contributed by atoms with van der Waals surface area (Å²) in [6.45, 7) is 13.4. The van der Waals surface area contributed by atoms with Crippen LogP contribution >= 0.6 is 0 Å². The zero-order valence-electron chi connectivity index (χ0n) is 26.9. The summed E-state index contributed by atoms with van der Waals surface area (Å²) in [5.74, 6) is -0.846. The van der Waals surface area contributed by atoms with Gasteiger partial charge < -0.3 is 20.1 Å². The Morgan fingerprint density at radius 3 is 2.26 bits per heavy atom. The highest BCUT2D eigenvalue weighted by atomic mass is 32.2. The number of unbranched alkanes of at least 4 members (excludes halogenated alkanes) is 2. The van der Waals surface area contributed by atoms with Crippen LogP contribution in [0.3, 0.4) is 0 Å². The molecule has 2 aromatic rings. The topological polar surface area (TPSA) is 171 Å². The predicted molar refractivity (Wildman–Crippen MR) is 179 cm³/mol. The standard InChI is InChI=1S/C33H44N2O9S2/c1-23(32(2,3)26-21-24(45(38,39)40)14-16-28(26)34-18-20-44-6)11-10-12-30-33(4,5)27-22-25(46(41,42)43)15-17-29(27)35(30)19-9-7-8-13-31(36)37/h10-12,14-17,21-22,34H,1,7-9,13,18-20H2,2-6H3,(H,36,37)(H,38,39,40)(H,41,42,43)/b11-10+,30-12+. The molecule has 0 aromatic heterocycles. The van der Waals surface area contributed by atoms with E-state index < -0.39 is 37.0 Å². The van der Waals surface area contributed by atoms with Crippen LogP contribution in [0.15, 0.2) is 82.3 Å². The molecule has 0 radical (unpaired) electrons. The van der Waals surface area contributed by atoms with Crippen molar-refractivity contribution in [3.8, 4) is 0 Å². The Morgan fingerprint density at radius 1 is 1.02 bits per heavy atom. The van der Waals surface area contributed by atoms with Crippen LogP contribution in [0.5, 0.6) is 0 Å². The van der Waals surface area contributed by atoms with Crippen LogP contribution in [0.1, 0.15) is 64.5 Å². The summed E-state index contributed by atoms with van der Waals surface area (Å²) >= 11 is 0. The second-order valence-electron chi connectivity index (χ2n) is 12.3. The number of carbonyl (C=O) groups is 1. The second-order valence-corrected chi connectivity index (χ2v) is 15.1. The van der Waals surface area contributed by atoms with Crippen LogP contribution in [0.25, 0.3) is 0 Å². The zero-order valence-corrected chi connectivity index (χ0v) is 28.5. The van der Waals surface area contributed by atoms with Crippen molar-refractivity contribution < 1.29 is 40.6 Å². The lowest BCUT2D eigenvalue weighted by molar-refractivity contribution is -0.137. The summed E-state index contributed by atoms with van der Waals surface area (Å²) in [6.07, 6.45) is 7.58. The third kappa shape index (κ3) is 8.65. The van der Waals surface area contributed by atoms with Crippen molar-refractivity contribution in [2.75, 3.05) is 37.0 Å². The molecule has 13 heteroatoms. The Bertz CT molecular complexity index is 1740.